The molecule has 0 unspecified atom stereocenters. The number of benzene rings is 1. The lowest BCUT2D eigenvalue weighted by molar-refractivity contribution is -0.136. The van der Waals surface area contributed by atoms with E-state index >= 15 is 0 Å². The Kier molecular flexibility index (Phi) is 7.18. The van der Waals surface area contributed by atoms with Gasteiger partial charge in [-0.05, 0) is 36.1 Å². The number of aliphatic carboxylic acids is 1. The summed E-state index contributed by atoms with van der Waals surface area (Å²) in [6, 6.07) is 7.94. The van der Waals surface area contributed by atoms with Crippen LogP contribution >= 0.6 is 0 Å². The Morgan fingerprint density at radius 1 is 1.40 bits per heavy atom. The number of hydrogen-bond donors (Lipinski definition) is 1. The van der Waals surface area contributed by atoms with E-state index in [2.05, 4.69) is 13.0 Å². The molecule has 0 fully saturated rings. The number of hydrogen-bond acceptors (Lipinski definition) is 2. The molecule has 0 aliphatic rings. The lowest BCUT2D eigenvalue weighted by atomic mass is 9.99. The fraction of sp³-hybridized carbons (Fsp3) is 0.353. The molecule has 0 heterocycles. The number of unbranched alkanes of at least 4 members (excludes halogenated alkanes) is 1. The van der Waals surface area contributed by atoms with Gasteiger partial charge in [0, 0.05) is 0 Å². The first-order valence-corrected chi connectivity index (χ1v) is 6.89. The summed E-state index contributed by atoms with van der Waals surface area (Å²) in [5.41, 5.74) is 2.32. The van der Waals surface area contributed by atoms with Crippen LogP contribution in [-0.4, -0.2) is 18.2 Å². The Balaban J connectivity index is 2.89. The Morgan fingerprint density at radius 3 is 2.85 bits per heavy atom. The molecule has 3 heteroatoms. The fourth-order valence-electron chi connectivity index (χ4n) is 1.87. The SMILES string of the molecule is CCCC/C(=C\C=C\CC(=O)O)c1cccc(OC)c1. The largest absolute Gasteiger partial charge is 0.497 e. The molecule has 0 amide bonds. The molecule has 0 spiro atoms. The average Bonchev–Trinajstić information content (AvgIpc) is 2.46. The number of carboxylic acid groups (broad SMARTS) is 1. The quantitative estimate of drug-likeness (QED) is 0.719. The molecular formula is C17H22O3. The number of carbonyl (C=O) groups is 1. The van der Waals surface area contributed by atoms with Crippen molar-refractivity contribution >= 4 is 11.5 Å². The molecule has 0 saturated carbocycles. The molecule has 0 radical (unpaired) electrons. The zero-order valence-corrected chi connectivity index (χ0v) is 12.1. The van der Waals surface area contributed by atoms with Gasteiger partial charge in [-0.3, -0.25) is 4.79 Å². The van der Waals surface area contributed by atoms with Crippen molar-refractivity contribution in [1.29, 1.82) is 0 Å². The van der Waals surface area contributed by atoms with Gasteiger partial charge in [-0.15, -0.1) is 0 Å². The second-order valence-corrected chi connectivity index (χ2v) is 4.55. The molecule has 0 aliphatic heterocycles. The molecule has 1 rings (SSSR count). The van der Waals surface area contributed by atoms with Crippen molar-refractivity contribution in [2.45, 2.75) is 32.6 Å². The second kappa shape index (κ2) is 8.97. The van der Waals surface area contributed by atoms with Crippen molar-refractivity contribution in [2.24, 2.45) is 0 Å². The molecule has 108 valence electrons. The first kappa shape index (κ1) is 16.0. The summed E-state index contributed by atoms with van der Waals surface area (Å²) in [6.45, 7) is 2.16. The highest BCUT2D eigenvalue weighted by molar-refractivity contribution is 5.70. The van der Waals surface area contributed by atoms with E-state index in [4.69, 9.17) is 9.84 Å². The van der Waals surface area contributed by atoms with E-state index in [1.165, 1.54) is 5.57 Å². The van der Waals surface area contributed by atoms with Crippen molar-refractivity contribution in [3.63, 3.8) is 0 Å². The highest BCUT2D eigenvalue weighted by atomic mass is 16.5. The number of ether oxygens (including phenoxy) is 1. The van der Waals surface area contributed by atoms with Crippen molar-refractivity contribution in [3.8, 4) is 5.75 Å². The molecule has 3 nitrogen and oxygen atoms in total. The molecule has 1 aromatic rings. The fourth-order valence-corrected chi connectivity index (χ4v) is 1.87. The van der Waals surface area contributed by atoms with Crippen molar-refractivity contribution in [1.82, 2.24) is 0 Å². The standard InChI is InChI=1S/C17H22O3/c1-3-4-8-14(9-5-6-12-17(18)19)15-10-7-11-16(13-15)20-2/h5-7,9-11,13H,3-4,8,12H2,1-2H3,(H,18,19)/b6-5+,14-9+. The van der Waals surface area contributed by atoms with Gasteiger partial charge < -0.3 is 9.84 Å². The lowest BCUT2D eigenvalue weighted by Gasteiger charge is -2.08. The summed E-state index contributed by atoms with van der Waals surface area (Å²) < 4.78 is 5.24. The van der Waals surface area contributed by atoms with Crippen LogP contribution in [0.25, 0.3) is 5.57 Å². The van der Waals surface area contributed by atoms with E-state index in [-0.39, 0.29) is 6.42 Å². The van der Waals surface area contributed by atoms with Crippen LogP contribution in [0.5, 0.6) is 5.75 Å². The molecule has 0 atom stereocenters. The highest BCUT2D eigenvalue weighted by Crippen LogP contribution is 2.24. The van der Waals surface area contributed by atoms with Crippen LogP contribution in [0.2, 0.25) is 0 Å². The van der Waals surface area contributed by atoms with E-state index in [9.17, 15) is 4.79 Å². The smallest absolute Gasteiger partial charge is 0.307 e. The van der Waals surface area contributed by atoms with E-state index < -0.39 is 5.97 Å². The summed E-state index contributed by atoms with van der Waals surface area (Å²) >= 11 is 0. The van der Waals surface area contributed by atoms with E-state index in [1.54, 1.807) is 13.2 Å². The number of carboxylic acids is 1. The van der Waals surface area contributed by atoms with Crippen molar-refractivity contribution < 1.29 is 14.6 Å². The topological polar surface area (TPSA) is 46.5 Å². The zero-order chi connectivity index (χ0) is 14.8. The average molecular weight is 274 g/mol. The lowest BCUT2D eigenvalue weighted by Crippen LogP contribution is -1.90. The molecule has 0 bridgehead atoms. The summed E-state index contributed by atoms with van der Waals surface area (Å²) in [5.74, 6) is 0.0190. The van der Waals surface area contributed by atoms with Gasteiger partial charge in [0.2, 0.25) is 0 Å². The molecule has 20 heavy (non-hydrogen) atoms. The maximum Gasteiger partial charge on any atom is 0.307 e. The Bertz CT molecular complexity index is 487. The third-order valence-electron chi connectivity index (χ3n) is 2.97. The van der Waals surface area contributed by atoms with E-state index in [0.29, 0.717) is 0 Å². The van der Waals surface area contributed by atoms with Crippen molar-refractivity contribution in [3.05, 3.63) is 48.1 Å². The molecule has 0 aliphatic carbocycles. The molecule has 1 aromatic carbocycles. The number of methoxy groups -OCH3 is 1. The minimum Gasteiger partial charge on any atom is -0.497 e. The normalized spacial score (nSPS) is 11.8. The van der Waals surface area contributed by atoms with Crippen LogP contribution in [0, 0.1) is 0 Å². The molecule has 1 N–H and O–H groups in total. The third-order valence-corrected chi connectivity index (χ3v) is 2.97. The molecular weight excluding hydrogens is 252 g/mol. The minimum atomic E-state index is -0.814. The predicted molar refractivity (Wildman–Crippen MR) is 81.9 cm³/mol. The maximum atomic E-state index is 10.5. The van der Waals surface area contributed by atoms with Crippen LogP contribution < -0.4 is 4.74 Å². The first-order valence-electron chi connectivity index (χ1n) is 6.89. The van der Waals surface area contributed by atoms with Gasteiger partial charge in [0.15, 0.2) is 0 Å². The molecule has 0 saturated heterocycles. The van der Waals surface area contributed by atoms with Crippen LogP contribution in [0.4, 0.5) is 0 Å². The summed E-state index contributed by atoms with van der Waals surface area (Å²) in [7, 11) is 1.65. The number of rotatable bonds is 8. The highest BCUT2D eigenvalue weighted by Gasteiger charge is 2.02. The Hall–Kier alpha value is -2.03. The zero-order valence-electron chi connectivity index (χ0n) is 12.1. The van der Waals surface area contributed by atoms with Crippen LogP contribution in [-0.2, 0) is 4.79 Å². The van der Waals surface area contributed by atoms with E-state index in [0.717, 1.165) is 30.6 Å². The summed E-state index contributed by atoms with van der Waals surface area (Å²) in [5, 5.41) is 8.62. The molecule has 0 aromatic heterocycles. The second-order valence-electron chi connectivity index (χ2n) is 4.55. The van der Waals surface area contributed by atoms with Gasteiger partial charge in [0.25, 0.3) is 0 Å². The summed E-state index contributed by atoms with van der Waals surface area (Å²) in [4.78, 5) is 10.5. The van der Waals surface area contributed by atoms with Gasteiger partial charge in [0.1, 0.15) is 5.75 Å². The van der Waals surface area contributed by atoms with Gasteiger partial charge >= 0.3 is 5.97 Å². The maximum absolute atomic E-state index is 10.5. The van der Waals surface area contributed by atoms with Crippen LogP contribution in [0.15, 0.2) is 42.5 Å². The van der Waals surface area contributed by atoms with Gasteiger partial charge in [-0.2, -0.15) is 0 Å². The Morgan fingerprint density at radius 2 is 2.20 bits per heavy atom. The number of allylic oxidation sites excluding steroid dienone is 3. The van der Waals surface area contributed by atoms with Gasteiger partial charge in [0.05, 0.1) is 13.5 Å². The monoisotopic (exact) mass is 274 g/mol. The predicted octanol–water partition coefficient (Wildman–Crippen LogP) is 4.30. The van der Waals surface area contributed by atoms with Gasteiger partial charge in [-0.25, -0.2) is 0 Å². The minimum absolute atomic E-state index is 0.0513. The van der Waals surface area contributed by atoms with Gasteiger partial charge in [-0.1, -0.05) is 43.7 Å². The van der Waals surface area contributed by atoms with Crippen LogP contribution in [0.1, 0.15) is 38.2 Å². The first-order chi connectivity index (χ1) is 9.67. The third kappa shape index (κ3) is 5.74. The van der Waals surface area contributed by atoms with Crippen molar-refractivity contribution in [2.75, 3.05) is 7.11 Å². The summed E-state index contributed by atoms with van der Waals surface area (Å²) in [6.07, 6.45) is 8.73. The van der Waals surface area contributed by atoms with Crippen LogP contribution in [0.3, 0.4) is 0 Å². The Labute approximate surface area is 120 Å². The van der Waals surface area contributed by atoms with E-state index in [1.807, 2.05) is 30.4 Å².